The average molecular weight is 367 g/mol. The van der Waals surface area contributed by atoms with E-state index in [4.69, 9.17) is 4.84 Å². The van der Waals surface area contributed by atoms with Crippen LogP contribution in [0.2, 0.25) is 0 Å². The minimum absolute atomic E-state index is 0.0223. The topological polar surface area (TPSA) is 12.5 Å². The van der Waals surface area contributed by atoms with Gasteiger partial charge in [-0.15, -0.1) is 0 Å². The fraction of sp³-hybridized carbons (Fsp3) is 0.231. The van der Waals surface area contributed by atoms with E-state index >= 15 is 0 Å². The molecular formula is C26H25NO. The third kappa shape index (κ3) is 2.85. The molecule has 0 unspecified atom stereocenters. The molecule has 1 aliphatic carbocycles. The Morgan fingerprint density at radius 3 is 2.21 bits per heavy atom. The first-order chi connectivity index (χ1) is 13.6. The van der Waals surface area contributed by atoms with Crippen molar-refractivity contribution in [2.45, 2.75) is 31.9 Å². The van der Waals surface area contributed by atoms with E-state index in [1.807, 2.05) is 6.07 Å². The van der Waals surface area contributed by atoms with Crippen molar-refractivity contribution in [1.29, 1.82) is 0 Å². The second kappa shape index (κ2) is 6.65. The Balaban J connectivity index is 1.71. The Morgan fingerprint density at radius 1 is 0.821 bits per heavy atom. The molecule has 0 radical (unpaired) electrons. The van der Waals surface area contributed by atoms with Gasteiger partial charge in [0.1, 0.15) is 6.04 Å². The number of benzene rings is 3. The van der Waals surface area contributed by atoms with E-state index in [2.05, 4.69) is 104 Å². The number of anilines is 1. The lowest BCUT2D eigenvalue weighted by Gasteiger charge is -2.38. The highest BCUT2D eigenvalue weighted by atomic mass is 16.7. The fourth-order valence-corrected chi connectivity index (χ4v) is 4.61. The van der Waals surface area contributed by atoms with E-state index < -0.39 is 0 Å². The summed E-state index contributed by atoms with van der Waals surface area (Å²) in [5.74, 6) is 0.338. The van der Waals surface area contributed by atoms with Crippen molar-refractivity contribution in [3.63, 3.8) is 0 Å². The van der Waals surface area contributed by atoms with E-state index in [1.165, 1.54) is 22.3 Å². The molecule has 1 heterocycles. The van der Waals surface area contributed by atoms with Crippen LogP contribution < -0.4 is 5.06 Å². The van der Waals surface area contributed by atoms with Gasteiger partial charge in [0.15, 0.2) is 0 Å². The van der Waals surface area contributed by atoms with Crippen molar-refractivity contribution in [2.75, 3.05) is 5.06 Å². The standard InChI is InChI=1S/C26H25NO/c1-26(2)24-17-20-13-9-10-16-22(20)23(24)18-25(19-11-5-3-6-12-19)27(28-26)21-14-7-4-8-15-21/h3-16,18,24-25H,17H2,1-2H3/t24-,25-/m0/s1. The summed E-state index contributed by atoms with van der Waals surface area (Å²) in [6, 6.07) is 29.9. The number of hydrogen-bond acceptors (Lipinski definition) is 2. The minimum Gasteiger partial charge on any atom is -0.266 e. The molecule has 0 spiro atoms. The number of hydroxylamine groups is 1. The van der Waals surface area contributed by atoms with E-state index in [-0.39, 0.29) is 11.6 Å². The molecule has 5 rings (SSSR count). The summed E-state index contributed by atoms with van der Waals surface area (Å²) in [4.78, 5) is 6.78. The molecule has 0 aromatic heterocycles. The molecule has 2 atom stereocenters. The number of nitrogens with zero attached hydrogens (tertiary/aromatic N) is 1. The van der Waals surface area contributed by atoms with Crippen LogP contribution in [-0.2, 0) is 11.3 Å². The summed E-state index contributed by atoms with van der Waals surface area (Å²) >= 11 is 0. The van der Waals surface area contributed by atoms with Crippen LogP contribution in [0.25, 0.3) is 5.57 Å². The van der Waals surface area contributed by atoms with Gasteiger partial charge in [-0.3, -0.25) is 4.84 Å². The van der Waals surface area contributed by atoms with Crippen LogP contribution in [0.1, 0.15) is 36.6 Å². The van der Waals surface area contributed by atoms with E-state index in [1.54, 1.807) is 0 Å². The number of fused-ring (bicyclic) bond motifs is 3. The molecule has 0 saturated carbocycles. The van der Waals surface area contributed by atoms with Gasteiger partial charge in [-0.05, 0) is 54.7 Å². The minimum atomic E-state index is -0.315. The molecule has 28 heavy (non-hydrogen) atoms. The van der Waals surface area contributed by atoms with Crippen molar-refractivity contribution in [3.05, 3.63) is 108 Å². The first kappa shape index (κ1) is 17.3. The lowest BCUT2D eigenvalue weighted by atomic mass is 9.84. The third-order valence-electron chi connectivity index (χ3n) is 6.04. The van der Waals surface area contributed by atoms with Gasteiger partial charge in [0.25, 0.3) is 0 Å². The van der Waals surface area contributed by atoms with Crippen molar-refractivity contribution < 1.29 is 4.84 Å². The Bertz CT molecular complexity index is 1010. The summed E-state index contributed by atoms with van der Waals surface area (Å²) in [6.45, 7) is 4.45. The SMILES string of the molecule is CC1(C)ON(c2ccccc2)[C@H](c2ccccc2)C=C2c3ccccc3C[C@@H]21. The van der Waals surface area contributed by atoms with Gasteiger partial charge in [0.2, 0.25) is 0 Å². The van der Waals surface area contributed by atoms with Crippen LogP contribution in [0.5, 0.6) is 0 Å². The molecule has 0 N–H and O–H groups in total. The molecule has 2 aliphatic rings. The zero-order valence-corrected chi connectivity index (χ0v) is 16.4. The molecule has 0 bridgehead atoms. The zero-order chi connectivity index (χ0) is 19.1. The van der Waals surface area contributed by atoms with Crippen LogP contribution in [0.3, 0.4) is 0 Å². The molecule has 3 aromatic carbocycles. The molecule has 0 saturated heterocycles. The maximum Gasteiger partial charge on any atom is 0.100 e. The monoisotopic (exact) mass is 367 g/mol. The van der Waals surface area contributed by atoms with Gasteiger partial charge in [-0.25, -0.2) is 5.06 Å². The quantitative estimate of drug-likeness (QED) is 0.533. The van der Waals surface area contributed by atoms with Gasteiger partial charge in [0.05, 0.1) is 11.3 Å². The third-order valence-corrected chi connectivity index (χ3v) is 6.04. The van der Waals surface area contributed by atoms with Gasteiger partial charge in [-0.1, -0.05) is 78.9 Å². The van der Waals surface area contributed by atoms with E-state index in [0.29, 0.717) is 5.92 Å². The highest BCUT2D eigenvalue weighted by Gasteiger charge is 2.44. The van der Waals surface area contributed by atoms with Gasteiger partial charge in [-0.2, -0.15) is 0 Å². The highest BCUT2D eigenvalue weighted by molar-refractivity contribution is 5.77. The molecule has 3 aromatic rings. The summed E-state index contributed by atoms with van der Waals surface area (Å²) in [5.41, 5.74) is 6.21. The summed E-state index contributed by atoms with van der Waals surface area (Å²) in [7, 11) is 0. The smallest absolute Gasteiger partial charge is 0.100 e. The number of hydrogen-bond donors (Lipinski definition) is 0. The number of para-hydroxylation sites is 1. The second-order valence-corrected chi connectivity index (χ2v) is 8.25. The largest absolute Gasteiger partial charge is 0.266 e. The second-order valence-electron chi connectivity index (χ2n) is 8.25. The first-order valence-electron chi connectivity index (χ1n) is 10.0. The number of rotatable bonds is 2. The van der Waals surface area contributed by atoms with E-state index in [9.17, 15) is 0 Å². The highest BCUT2D eigenvalue weighted by Crippen LogP contribution is 2.49. The Morgan fingerprint density at radius 2 is 1.46 bits per heavy atom. The molecule has 0 amide bonds. The zero-order valence-electron chi connectivity index (χ0n) is 16.4. The van der Waals surface area contributed by atoms with Crippen LogP contribution in [0, 0.1) is 5.92 Å². The Labute approximate surface area is 167 Å². The van der Waals surface area contributed by atoms with Crippen LogP contribution in [-0.4, -0.2) is 5.60 Å². The molecule has 0 fully saturated rings. The molecule has 2 heteroatoms. The van der Waals surface area contributed by atoms with Crippen molar-refractivity contribution in [1.82, 2.24) is 0 Å². The molecule has 140 valence electrons. The average Bonchev–Trinajstić information content (AvgIpc) is 3.06. The molecule has 1 aliphatic heterocycles. The van der Waals surface area contributed by atoms with Crippen molar-refractivity contribution >= 4 is 11.3 Å². The summed E-state index contributed by atoms with van der Waals surface area (Å²) in [6.07, 6.45) is 3.45. The summed E-state index contributed by atoms with van der Waals surface area (Å²) < 4.78 is 0. The van der Waals surface area contributed by atoms with Crippen LogP contribution in [0.15, 0.2) is 91.0 Å². The predicted octanol–water partition coefficient (Wildman–Crippen LogP) is 6.21. The normalized spacial score (nSPS) is 22.8. The van der Waals surface area contributed by atoms with E-state index in [0.717, 1.165) is 12.1 Å². The van der Waals surface area contributed by atoms with Gasteiger partial charge in [0, 0.05) is 5.92 Å². The molecular weight excluding hydrogens is 342 g/mol. The Hall–Kier alpha value is -2.84. The Kier molecular flexibility index (Phi) is 4.10. The predicted molar refractivity (Wildman–Crippen MR) is 115 cm³/mol. The lowest BCUT2D eigenvalue weighted by Crippen LogP contribution is -2.41. The fourth-order valence-electron chi connectivity index (χ4n) is 4.61. The van der Waals surface area contributed by atoms with Crippen LogP contribution >= 0.6 is 0 Å². The van der Waals surface area contributed by atoms with Crippen molar-refractivity contribution in [3.8, 4) is 0 Å². The molecule has 2 nitrogen and oxygen atoms in total. The summed E-state index contributed by atoms with van der Waals surface area (Å²) in [5, 5.41) is 2.10. The first-order valence-corrected chi connectivity index (χ1v) is 10.0. The lowest BCUT2D eigenvalue weighted by molar-refractivity contribution is -0.0612. The maximum absolute atomic E-state index is 6.78. The van der Waals surface area contributed by atoms with Crippen molar-refractivity contribution in [2.24, 2.45) is 5.92 Å². The maximum atomic E-state index is 6.78. The van der Waals surface area contributed by atoms with Gasteiger partial charge < -0.3 is 0 Å². The van der Waals surface area contributed by atoms with Crippen LogP contribution in [0.4, 0.5) is 5.69 Å². The van der Waals surface area contributed by atoms with Gasteiger partial charge >= 0.3 is 0 Å².